The molecule has 16 heavy (non-hydrogen) atoms. The maximum atomic E-state index is 11.4. The predicted octanol–water partition coefficient (Wildman–Crippen LogP) is 2.48. The van der Waals surface area contributed by atoms with Crippen LogP contribution in [0.1, 0.15) is 46.2 Å². The van der Waals surface area contributed by atoms with Crippen molar-refractivity contribution >= 4 is 17.3 Å². The second-order valence-electron chi connectivity index (χ2n) is 3.97. The molecule has 5 heteroatoms. The summed E-state index contributed by atoms with van der Waals surface area (Å²) in [6, 6.07) is 0. The first-order valence-corrected chi connectivity index (χ1v) is 6.14. The number of nitrogens with zero attached hydrogens (tertiary/aromatic N) is 1. The number of methoxy groups -OCH3 is 1. The lowest BCUT2D eigenvalue weighted by Gasteiger charge is -2.06. The fourth-order valence-electron chi connectivity index (χ4n) is 1.82. The summed E-state index contributed by atoms with van der Waals surface area (Å²) in [4.78, 5) is 16.4. The van der Waals surface area contributed by atoms with Crippen molar-refractivity contribution in [1.29, 1.82) is 0 Å². The number of carbonyl (C=O) groups excluding carboxylic acids is 1. The van der Waals surface area contributed by atoms with Crippen LogP contribution in [0.3, 0.4) is 0 Å². The van der Waals surface area contributed by atoms with Crippen molar-refractivity contribution in [3.63, 3.8) is 0 Å². The average Bonchev–Trinajstić information content (AvgIpc) is 2.83. The molecule has 1 aromatic rings. The Bertz CT molecular complexity index is 402. The number of aryl methyl sites for hydroxylation is 1. The minimum absolute atomic E-state index is 0.0529. The van der Waals surface area contributed by atoms with Gasteiger partial charge >= 0.3 is 5.97 Å². The van der Waals surface area contributed by atoms with E-state index in [4.69, 9.17) is 9.47 Å². The Hall–Kier alpha value is -0.940. The zero-order valence-corrected chi connectivity index (χ0v) is 10.5. The summed E-state index contributed by atoms with van der Waals surface area (Å²) in [5.74, 6) is -0.313. The van der Waals surface area contributed by atoms with E-state index >= 15 is 0 Å². The first kappa shape index (κ1) is 11.5. The average molecular weight is 241 g/mol. The summed E-state index contributed by atoms with van der Waals surface area (Å²) in [6.07, 6.45) is 2.37. The van der Waals surface area contributed by atoms with E-state index in [1.54, 1.807) is 0 Å². The highest BCUT2D eigenvalue weighted by Crippen LogP contribution is 2.35. The van der Waals surface area contributed by atoms with E-state index in [2.05, 4.69) is 11.9 Å². The lowest BCUT2D eigenvalue weighted by molar-refractivity contribution is 0.0553. The summed E-state index contributed by atoms with van der Waals surface area (Å²) >= 11 is 1.38. The maximum Gasteiger partial charge on any atom is 0.349 e. The molecule has 1 saturated heterocycles. The van der Waals surface area contributed by atoms with Gasteiger partial charge in [0.1, 0.15) is 16.0 Å². The number of rotatable bonds is 2. The first-order chi connectivity index (χ1) is 7.61. The van der Waals surface area contributed by atoms with Gasteiger partial charge in [0.05, 0.1) is 18.9 Å². The van der Waals surface area contributed by atoms with Crippen LogP contribution in [0.4, 0.5) is 0 Å². The zero-order chi connectivity index (χ0) is 11.7. The van der Waals surface area contributed by atoms with Gasteiger partial charge in [0.25, 0.3) is 0 Å². The van der Waals surface area contributed by atoms with Gasteiger partial charge in [-0.15, -0.1) is 11.3 Å². The Kier molecular flexibility index (Phi) is 3.25. The summed E-state index contributed by atoms with van der Waals surface area (Å²) in [7, 11) is 1.38. The molecule has 0 radical (unpaired) electrons. The van der Waals surface area contributed by atoms with E-state index in [1.807, 2.05) is 6.92 Å². The monoisotopic (exact) mass is 241 g/mol. The van der Waals surface area contributed by atoms with E-state index in [1.165, 1.54) is 18.4 Å². The van der Waals surface area contributed by atoms with Gasteiger partial charge in [-0.05, 0) is 26.7 Å². The van der Waals surface area contributed by atoms with E-state index in [0.717, 1.165) is 23.5 Å². The molecule has 4 nitrogen and oxygen atoms in total. The van der Waals surface area contributed by atoms with Crippen LogP contribution < -0.4 is 0 Å². The SMILES string of the molecule is COC(=O)c1sc(C2CCC(C)O2)nc1C. The van der Waals surface area contributed by atoms with Gasteiger partial charge in [0, 0.05) is 0 Å². The van der Waals surface area contributed by atoms with Crippen LogP contribution in [0.2, 0.25) is 0 Å². The van der Waals surface area contributed by atoms with Gasteiger partial charge in [-0.3, -0.25) is 0 Å². The van der Waals surface area contributed by atoms with Crippen LogP contribution in [0, 0.1) is 6.92 Å². The molecule has 2 atom stereocenters. The highest BCUT2D eigenvalue weighted by atomic mass is 32.1. The van der Waals surface area contributed by atoms with Crippen molar-refractivity contribution in [2.45, 2.75) is 38.9 Å². The van der Waals surface area contributed by atoms with E-state index in [9.17, 15) is 4.79 Å². The Morgan fingerprint density at radius 2 is 2.31 bits per heavy atom. The van der Waals surface area contributed by atoms with Crippen LogP contribution in [-0.4, -0.2) is 24.2 Å². The summed E-state index contributed by atoms with van der Waals surface area (Å²) in [5.41, 5.74) is 0.731. The molecular formula is C11H15NO3S. The fourth-order valence-corrected chi connectivity index (χ4v) is 2.88. The molecule has 88 valence electrons. The summed E-state index contributed by atoms with van der Waals surface area (Å²) in [6.45, 7) is 3.88. The first-order valence-electron chi connectivity index (χ1n) is 5.33. The van der Waals surface area contributed by atoms with Crippen LogP contribution in [0.25, 0.3) is 0 Å². The molecule has 0 aliphatic carbocycles. The Morgan fingerprint density at radius 3 is 2.88 bits per heavy atom. The van der Waals surface area contributed by atoms with Crippen molar-refractivity contribution < 1.29 is 14.3 Å². The number of carbonyl (C=O) groups is 1. The third-order valence-corrected chi connectivity index (χ3v) is 3.92. The molecule has 0 saturated carbocycles. The second kappa shape index (κ2) is 4.51. The molecule has 1 fully saturated rings. The molecule has 0 amide bonds. The zero-order valence-electron chi connectivity index (χ0n) is 9.65. The minimum atomic E-state index is -0.313. The molecule has 0 bridgehead atoms. The third-order valence-electron chi connectivity index (χ3n) is 2.69. The maximum absolute atomic E-state index is 11.4. The Labute approximate surface area is 98.6 Å². The summed E-state index contributed by atoms with van der Waals surface area (Å²) < 4.78 is 10.4. The molecule has 1 aromatic heterocycles. The largest absolute Gasteiger partial charge is 0.465 e. The normalized spacial score (nSPS) is 24.7. The number of ether oxygens (including phenoxy) is 2. The van der Waals surface area contributed by atoms with Gasteiger partial charge in [0.15, 0.2) is 0 Å². The summed E-state index contributed by atoms with van der Waals surface area (Å²) in [5, 5.41) is 0.891. The minimum Gasteiger partial charge on any atom is -0.465 e. The van der Waals surface area contributed by atoms with Crippen molar-refractivity contribution in [2.24, 2.45) is 0 Å². The second-order valence-corrected chi connectivity index (χ2v) is 5.00. The Morgan fingerprint density at radius 1 is 1.56 bits per heavy atom. The van der Waals surface area contributed by atoms with Gasteiger partial charge in [-0.25, -0.2) is 9.78 Å². The van der Waals surface area contributed by atoms with Gasteiger partial charge < -0.3 is 9.47 Å². The van der Waals surface area contributed by atoms with Crippen molar-refractivity contribution in [2.75, 3.05) is 7.11 Å². The lowest BCUT2D eigenvalue weighted by atomic mass is 10.2. The Balaban J connectivity index is 2.20. The van der Waals surface area contributed by atoms with Gasteiger partial charge in [-0.1, -0.05) is 0 Å². The van der Waals surface area contributed by atoms with E-state index in [-0.39, 0.29) is 18.2 Å². The van der Waals surface area contributed by atoms with Crippen molar-refractivity contribution in [3.8, 4) is 0 Å². The molecule has 0 N–H and O–H groups in total. The molecule has 2 unspecified atom stereocenters. The molecule has 0 spiro atoms. The molecule has 0 aromatic carbocycles. The van der Waals surface area contributed by atoms with E-state index < -0.39 is 0 Å². The molecule has 1 aliphatic heterocycles. The molecule has 2 heterocycles. The standard InChI is InChI=1S/C11H15NO3S/c1-6-4-5-8(15-6)10-12-7(2)9(16-10)11(13)14-3/h6,8H,4-5H2,1-3H3. The highest BCUT2D eigenvalue weighted by Gasteiger charge is 2.28. The van der Waals surface area contributed by atoms with Gasteiger partial charge in [0.2, 0.25) is 0 Å². The highest BCUT2D eigenvalue weighted by molar-refractivity contribution is 7.13. The van der Waals surface area contributed by atoms with E-state index in [0.29, 0.717) is 4.88 Å². The third kappa shape index (κ3) is 2.10. The van der Waals surface area contributed by atoms with Crippen LogP contribution in [0.15, 0.2) is 0 Å². The number of hydrogen-bond donors (Lipinski definition) is 0. The molecule has 2 rings (SSSR count). The van der Waals surface area contributed by atoms with Crippen molar-refractivity contribution in [1.82, 2.24) is 4.98 Å². The van der Waals surface area contributed by atoms with Crippen LogP contribution in [-0.2, 0) is 9.47 Å². The van der Waals surface area contributed by atoms with Gasteiger partial charge in [-0.2, -0.15) is 0 Å². The number of thiazole rings is 1. The number of aromatic nitrogens is 1. The smallest absolute Gasteiger partial charge is 0.349 e. The number of hydrogen-bond acceptors (Lipinski definition) is 5. The topological polar surface area (TPSA) is 48.4 Å². The number of esters is 1. The lowest BCUT2D eigenvalue weighted by Crippen LogP contribution is -2.00. The van der Waals surface area contributed by atoms with Crippen LogP contribution >= 0.6 is 11.3 Å². The predicted molar refractivity (Wildman–Crippen MR) is 60.7 cm³/mol. The quantitative estimate of drug-likeness (QED) is 0.746. The fraction of sp³-hybridized carbons (Fsp3) is 0.636. The van der Waals surface area contributed by atoms with Crippen molar-refractivity contribution in [3.05, 3.63) is 15.6 Å². The molecule has 1 aliphatic rings. The molecular weight excluding hydrogens is 226 g/mol. The van der Waals surface area contributed by atoms with Crippen LogP contribution in [0.5, 0.6) is 0 Å².